The van der Waals surface area contributed by atoms with E-state index in [1.54, 1.807) is 0 Å². The van der Waals surface area contributed by atoms with Crippen LogP contribution < -0.4 is 5.32 Å². The summed E-state index contributed by atoms with van der Waals surface area (Å²) in [5.74, 6) is -2.44. The first kappa shape index (κ1) is 20.7. The molecule has 2 fully saturated rings. The van der Waals surface area contributed by atoms with Crippen LogP contribution in [0, 0.1) is 0 Å². The Labute approximate surface area is 140 Å². The molecule has 0 spiro atoms. The van der Waals surface area contributed by atoms with E-state index in [0.29, 0.717) is 11.9 Å². The molecule has 2 N–H and O–H groups in total. The average molecular weight is 352 g/mol. The van der Waals surface area contributed by atoms with Gasteiger partial charge in [-0.25, -0.2) is 4.79 Å². The van der Waals surface area contributed by atoms with Gasteiger partial charge in [0.05, 0.1) is 6.04 Å². The lowest BCUT2D eigenvalue weighted by molar-refractivity contribution is -0.192. The van der Waals surface area contributed by atoms with E-state index < -0.39 is 12.1 Å². The van der Waals surface area contributed by atoms with Gasteiger partial charge < -0.3 is 15.3 Å². The van der Waals surface area contributed by atoms with Crippen LogP contribution in [0.4, 0.5) is 13.2 Å². The maximum absolute atomic E-state index is 12.2. The third-order valence-corrected chi connectivity index (χ3v) is 4.37. The van der Waals surface area contributed by atoms with Gasteiger partial charge >= 0.3 is 12.1 Å². The minimum atomic E-state index is -5.08. The normalized spacial score (nSPS) is 20.8. The van der Waals surface area contributed by atoms with Crippen molar-refractivity contribution in [1.82, 2.24) is 10.2 Å². The number of alkyl halides is 3. The summed E-state index contributed by atoms with van der Waals surface area (Å²) in [6.07, 6.45) is 5.07. The standard InChI is InChI=1S/C14H26N2O.C2HF3O2/c1-12(15-13-8-4-2-5-9-13)14(17)16-10-6-3-7-11-16;3-2(4,5)1(6)7/h12-13,15H,2-11H2,1H3;(H,6,7)/t12-;/m0./s1. The number of nitrogens with one attached hydrogen (secondary N) is 1. The van der Waals surface area contributed by atoms with Gasteiger partial charge in [0.25, 0.3) is 0 Å². The van der Waals surface area contributed by atoms with Crippen LogP contribution in [0.1, 0.15) is 58.3 Å². The number of hydrogen-bond acceptors (Lipinski definition) is 3. The average Bonchev–Trinajstić information content (AvgIpc) is 2.55. The number of aliphatic carboxylic acids is 1. The summed E-state index contributed by atoms with van der Waals surface area (Å²) in [4.78, 5) is 23.2. The number of carbonyl (C=O) groups excluding carboxylic acids is 1. The molecule has 8 heteroatoms. The second kappa shape index (κ2) is 9.86. The zero-order valence-corrected chi connectivity index (χ0v) is 14.1. The highest BCUT2D eigenvalue weighted by Gasteiger charge is 2.38. The van der Waals surface area contributed by atoms with Gasteiger partial charge in [0, 0.05) is 19.1 Å². The number of carboxylic acid groups (broad SMARTS) is 1. The van der Waals surface area contributed by atoms with Gasteiger partial charge in [-0.15, -0.1) is 0 Å². The molecule has 0 aromatic carbocycles. The molecule has 1 amide bonds. The van der Waals surface area contributed by atoms with Crippen LogP contribution in [0.3, 0.4) is 0 Å². The van der Waals surface area contributed by atoms with Crippen molar-refractivity contribution in [2.75, 3.05) is 13.1 Å². The van der Waals surface area contributed by atoms with Crippen molar-refractivity contribution in [2.24, 2.45) is 0 Å². The van der Waals surface area contributed by atoms with E-state index in [1.807, 2.05) is 11.8 Å². The first-order valence-corrected chi connectivity index (χ1v) is 8.56. The lowest BCUT2D eigenvalue weighted by Crippen LogP contribution is -2.50. The van der Waals surface area contributed by atoms with Crippen molar-refractivity contribution in [3.05, 3.63) is 0 Å². The number of rotatable bonds is 3. The monoisotopic (exact) mass is 352 g/mol. The van der Waals surface area contributed by atoms with Crippen LogP contribution in [-0.2, 0) is 9.59 Å². The fourth-order valence-electron chi connectivity index (χ4n) is 3.08. The highest BCUT2D eigenvalue weighted by molar-refractivity contribution is 5.81. The third kappa shape index (κ3) is 7.51. The van der Waals surface area contributed by atoms with E-state index in [2.05, 4.69) is 5.32 Å². The van der Waals surface area contributed by atoms with E-state index in [9.17, 15) is 18.0 Å². The number of amides is 1. The number of carbonyl (C=O) groups is 2. The molecule has 1 saturated heterocycles. The molecule has 2 rings (SSSR count). The molecule has 0 radical (unpaired) electrons. The maximum Gasteiger partial charge on any atom is 0.490 e. The van der Waals surface area contributed by atoms with Crippen molar-refractivity contribution in [1.29, 1.82) is 0 Å². The Morgan fingerprint density at radius 1 is 1.04 bits per heavy atom. The minimum absolute atomic E-state index is 0.0104. The van der Waals surface area contributed by atoms with Gasteiger partial charge in [-0.2, -0.15) is 13.2 Å². The Morgan fingerprint density at radius 2 is 1.50 bits per heavy atom. The first-order chi connectivity index (χ1) is 11.2. The second-order valence-electron chi connectivity index (χ2n) is 6.41. The zero-order valence-electron chi connectivity index (χ0n) is 14.1. The summed E-state index contributed by atoms with van der Waals surface area (Å²) < 4.78 is 31.7. The van der Waals surface area contributed by atoms with E-state index in [-0.39, 0.29) is 6.04 Å². The van der Waals surface area contributed by atoms with Crippen LogP contribution in [0.15, 0.2) is 0 Å². The van der Waals surface area contributed by atoms with Gasteiger partial charge in [-0.3, -0.25) is 4.79 Å². The molecule has 1 saturated carbocycles. The summed E-state index contributed by atoms with van der Waals surface area (Å²) in [5.41, 5.74) is 0. The number of halogens is 3. The molecular formula is C16H27F3N2O3. The van der Waals surface area contributed by atoms with Gasteiger partial charge in [0.2, 0.25) is 5.91 Å². The minimum Gasteiger partial charge on any atom is -0.475 e. The zero-order chi connectivity index (χ0) is 18.2. The molecule has 0 aromatic rings. The highest BCUT2D eigenvalue weighted by Crippen LogP contribution is 2.18. The molecule has 1 heterocycles. The SMILES string of the molecule is C[C@H](NC1CCCCC1)C(=O)N1CCCCC1.O=C(O)C(F)(F)F. The predicted molar refractivity (Wildman–Crippen MR) is 83.6 cm³/mol. The molecule has 140 valence electrons. The lowest BCUT2D eigenvalue weighted by Gasteiger charge is -2.32. The first-order valence-electron chi connectivity index (χ1n) is 8.56. The van der Waals surface area contributed by atoms with Crippen molar-refractivity contribution in [2.45, 2.75) is 76.6 Å². The van der Waals surface area contributed by atoms with E-state index >= 15 is 0 Å². The Kier molecular flexibility index (Phi) is 8.52. The number of nitrogens with zero attached hydrogens (tertiary/aromatic N) is 1. The Balaban J connectivity index is 0.000000351. The highest BCUT2D eigenvalue weighted by atomic mass is 19.4. The molecule has 1 aliphatic carbocycles. The Hall–Kier alpha value is -1.31. The molecule has 0 aromatic heterocycles. The molecule has 1 aliphatic heterocycles. The molecule has 1 atom stereocenters. The summed E-state index contributed by atoms with van der Waals surface area (Å²) in [6, 6.07) is 0.587. The maximum atomic E-state index is 12.2. The van der Waals surface area contributed by atoms with E-state index in [1.165, 1.54) is 51.4 Å². The molecular weight excluding hydrogens is 325 g/mol. The molecule has 0 unspecified atom stereocenters. The Bertz CT molecular complexity index is 404. The molecule has 0 bridgehead atoms. The smallest absolute Gasteiger partial charge is 0.475 e. The fraction of sp³-hybridized carbons (Fsp3) is 0.875. The largest absolute Gasteiger partial charge is 0.490 e. The van der Waals surface area contributed by atoms with E-state index in [0.717, 1.165) is 13.1 Å². The topological polar surface area (TPSA) is 69.6 Å². The van der Waals surface area contributed by atoms with Crippen molar-refractivity contribution in [3.8, 4) is 0 Å². The summed E-state index contributed by atoms with van der Waals surface area (Å²) >= 11 is 0. The number of likely N-dealkylation sites (tertiary alicyclic amines) is 1. The number of carboxylic acids is 1. The van der Waals surface area contributed by atoms with Crippen molar-refractivity contribution in [3.63, 3.8) is 0 Å². The van der Waals surface area contributed by atoms with Gasteiger partial charge in [-0.05, 0) is 39.0 Å². The molecule has 2 aliphatic rings. The fourth-order valence-corrected chi connectivity index (χ4v) is 3.08. The second-order valence-corrected chi connectivity index (χ2v) is 6.41. The van der Waals surface area contributed by atoms with Gasteiger partial charge in [0.15, 0.2) is 0 Å². The summed E-state index contributed by atoms with van der Waals surface area (Å²) in [6.45, 7) is 3.97. The van der Waals surface area contributed by atoms with E-state index in [4.69, 9.17) is 9.90 Å². The van der Waals surface area contributed by atoms with Gasteiger partial charge in [-0.1, -0.05) is 19.3 Å². The van der Waals surface area contributed by atoms with Crippen LogP contribution in [0.25, 0.3) is 0 Å². The summed E-state index contributed by atoms with van der Waals surface area (Å²) in [7, 11) is 0. The number of piperidine rings is 1. The van der Waals surface area contributed by atoms with Crippen LogP contribution in [0.5, 0.6) is 0 Å². The van der Waals surface area contributed by atoms with Crippen molar-refractivity contribution >= 4 is 11.9 Å². The van der Waals surface area contributed by atoms with Crippen LogP contribution >= 0.6 is 0 Å². The predicted octanol–water partition coefficient (Wildman–Crippen LogP) is 2.94. The number of hydrogen-bond donors (Lipinski definition) is 2. The third-order valence-electron chi connectivity index (χ3n) is 4.37. The van der Waals surface area contributed by atoms with Crippen LogP contribution in [-0.4, -0.2) is 53.2 Å². The lowest BCUT2D eigenvalue weighted by atomic mass is 9.95. The van der Waals surface area contributed by atoms with Crippen molar-refractivity contribution < 1.29 is 27.9 Å². The summed E-state index contributed by atoms with van der Waals surface area (Å²) in [5, 5.41) is 10.6. The quantitative estimate of drug-likeness (QED) is 0.819. The molecule has 5 nitrogen and oxygen atoms in total. The Morgan fingerprint density at radius 3 is 1.96 bits per heavy atom. The van der Waals surface area contributed by atoms with Crippen LogP contribution in [0.2, 0.25) is 0 Å². The van der Waals surface area contributed by atoms with Gasteiger partial charge in [0.1, 0.15) is 0 Å². The molecule has 24 heavy (non-hydrogen) atoms.